The standard InChI is InChI=1S/C23H26N4O2/c1-2-3-13-27-22(28)20(18-9-5-4-6-10-18)21(23(27)29)26-16-14-25(15-17-26)19-11-7-8-12-24-19/h4-12H,2-3,13-17H2,1H3. The third-order valence-electron chi connectivity index (χ3n) is 5.51. The molecule has 2 aliphatic rings. The molecule has 0 spiro atoms. The second kappa shape index (κ2) is 8.47. The Balaban J connectivity index is 1.61. The van der Waals surface area contributed by atoms with Crippen LogP contribution in [0.15, 0.2) is 60.4 Å². The molecule has 1 aromatic heterocycles. The number of hydrogen-bond acceptors (Lipinski definition) is 5. The summed E-state index contributed by atoms with van der Waals surface area (Å²) in [5, 5.41) is 0. The van der Waals surface area contributed by atoms with Gasteiger partial charge in [-0.15, -0.1) is 0 Å². The average Bonchev–Trinajstić information content (AvgIpc) is 3.03. The molecule has 1 fully saturated rings. The van der Waals surface area contributed by atoms with Crippen LogP contribution >= 0.6 is 0 Å². The van der Waals surface area contributed by atoms with E-state index in [9.17, 15) is 9.59 Å². The predicted octanol–water partition coefficient (Wildman–Crippen LogP) is 2.78. The highest BCUT2D eigenvalue weighted by molar-refractivity contribution is 6.35. The van der Waals surface area contributed by atoms with Crippen molar-refractivity contribution in [1.82, 2.24) is 14.8 Å². The minimum absolute atomic E-state index is 0.159. The largest absolute Gasteiger partial charge is 0.363 e. The number of piperazine rings is 1. The number of aromatic nitrogens is 1. The molecule has 3 heterocycles. The molecular weight excluding hydrogens is 364 g/mol. The van der Waals surface area contributed by atoms with E-state index in [1.165, 1.54) is 4.90 Å². The molecule has 0 N–H and O–H groups in total. The smallest absolute Gasteiger partial charge is 0.277 e. The molecule has 0 atom stereocenters. The molecule has 1 saturated heterocycles. The summed E-state index contributed by atoms with van der Waals surface area (Å²) in [6.45, 7) is 5.43. The van der Waals surface area contributed by atoms with Crippen LogP contribution in [0, 0.1) is 0 Å². The van der Waals surface area contributed by atoms with Crippen molar-refractivity contribution in [2.24, 2.45) is 0 Å². The fraction of sp³-hybridized carbons (Fsp3) is 0.348. The number of imide groups is 1. The lowest BCUT2D eigenvalue weighted by molar-refractivity contribution is -0.137. The fourth-order valence-corrected chi connectivity index (χ4v) is 3.94. The van der Waals surface area contributed by atoms with Crippen LogP contribution in [0.4, 0.5) is 5.82 Å². The van der Waals surface area contributed by atoms with Crippen LogP contribution < -0.4 is 4.90 Å². The van der Waals surface area contributed by atoms with E-state index in [4.69, 9.17) is 0 Å². The number of carbonyl (C=O) groups excluding carboxylic acids is 2. The van der Waals surface area contributed by atoms with E-state index in [2.05, 4.69) is 21.7 Å². The fourth-order valence-electron chi connectivity index (χ4n) is 3.94. The zero-order chi connectivity index (χ0) is 20.2. The zero-order valence-corrected chi connectivity index (χ0v) is 16.8. The Bertz CT molecular complexity index is 903. The van der Waals surface area contributed by atoms with Gasteiger partial charge in [0.1, 0.15) is 11.5 Å². The maximum Gasteiger partial charge on any atom is 0.277 e. The molecule has 2 aliphatic heterocycles. The maximum atomic E-state index is 13.2. The average molecular weight is 390 g/mol. The van der Waals surface area contributed by atoms with E-state index < -0.39 is 0 Å². The molecule has 0 saturated carbocycles. The van der Waals surface area contributed by atoms with Crippen molar-refractivity contribution in [3.8, 4) is 0 Å². The molecule has 0 aliphatic carbocycles. The third kappa shape index (κ3) is 3.75. The minimum atomic E-state index is -0.170. The highest BCUT2D eigenvalue weighted by Crippen LogP contribution is 2.32. The van der Waals surface area contributed by atoms with Gasteiger partial charge in [-0.05, 0) is 24.1 Å². The van der Waals surface area contributed by atoms with E-state index in [0.29, 0.717) is 30.9 Å². The SMILES string of the molecule is CCCCN1C(=O)C(c2ccccc2)=C(N2CCN(c3ccccn3)CC2)C1=O. The molecule has 29 heavy (non-hydrogen) atoms. The Morgan fingerprint density at radius 1 is 0.862 bits per heavy atom. The summed E-state index contributed by atoms with van der Waals surface area (Å²) in [6, 6.07) is 15.4. The number of benzene rings is 1. The number of anilines is 1. The van der Waals surface area contributed by atoms with E-state index >= 15 is 0 Å². The minimum Gasteiger partial charge on any atom is -0.363 e. The second-order valence-corrected chi connectivity index (χ2v) is 7.37. The van der Waals surface area contributed by atoms with Crippen molar-refractivity contribution >= 4 is 23.2 Å². The maximum absolute atomic E-state index is 13.2. The van der Waals surface area contributed by atoms with Crippen LogP contribution in [0.3, 0.4) is 0 Å². The van der Waals surface area contributed by atoms with Gasteiger partial charge >= 0.3 is 0 Å². The second-order valence-electron chi connectivity index (χ2n) is 7.37. The first-order valence-electron chi connectivity index (χ1n) is 10.3. The molecule has 0 unspecified atom stereocenters. The Morgan fingerprint density at radius 3 is 2.21 bits per heavy atom. The molecule has 4 rings (SSSR count). The van der Waals surface area contributed by atoms with Gasteiger partial charge in [-0.3, -0.25) is 14.5 Å². The summed E-state index contributed by atoms with van der Waals surface area (Å²) in [5.74, 6) is 0.619. The lowest BCUT2D eigenvalue weighted by Gasteiger charge is -2.37. The van der Waals surface area contributed by atoms with Crippen molar-refractivity contribution in [1.29, 1.82) is 0 Å². The molecule has 0 bridgehead atoms. The van der Waals surface area contributed by atoms with Crippen LogP contribution in [0.2, 0.25) is 0 Å². The van der Waals surface area contributed by atoms with Gasteiger partial charge in [-0.1, -0.05) is 49.7 Å². The first-order chi connectivity index (χ1) is 14.2. The quantitative estimate of drug-likeness (QED) is 0.710. The molecule has 2 amide bonds. The van der Waals surface area contributed by atoms with E-state index in [1.807, 2.05) is 48.5 Å². The van der Waals surface area contributed by atoms with Gasteiger partial charge in [0.05, 0.1) is 5.57 Å². The van der Waals surface area contributed by atoms with Gasteiger partial charge in [0.2, 0.25) is 0 Å². The molecule has 1 aromatic carbocycles. The van der Waals surface area contributed by atoms with Crippen molar-refractivity contribution in [2.75, 3.05) is 37.6 Å². The van der Waals surface area contributed by atoms with Crippen LogP contribution in [-0.4, -0.2) is 59.3 Å². The Kier molecular flexibility index (Phi) is 5.60. The van der Waals surface area contributed by atoms with Gasteiger partial charge in [0, 0.05) is 38.9 Å². The van der Waals surface area contributed by atoms with Crippen molar-refractivity contribution in [3.63, 3.8) is 0 Å². The van der Waals surface area contributed by atoms with Crippen LogP contribution in [0.25, 0.3) is 5.57 Å². The number of pyridine rings is 1. The molecule has 6 heteroatoms. The molecule has 150 valence electrons. The number of amides is 2. The first kappa shape index (κ1) is 19.2. The monoisotopic (exact) mass is 390 g/mol. The van der Waals surface area contributed by atoms with E-state index in [-0.39, 0.29) is 11.8 Å². The predicted molar refractivity (Wildman–Crippen MR) is 113 cm³/mol. The van der Waals surface area contributed by atoms with Gasteiger partial charge < -0.3 is 9.80 Å². The van der Waals surface area contributed by atoms with Gasteiger partial charge in [0.25, 0.3) is 11.8 Å². The zero-order valence-electron chi connectivity index (χ0n) is 16.8. The molecular formula is C23H26N4O2. The number of unbranched alkanes of at least 4 members (excludes halogenated alkanes) is 1. The van der Waals surface area contributed by atoms with Gasteiger partial charge in [-0.25, -0.2) is 4.98 Å². The highest BCUT2D eigenvalue weighted by atomic mass is 16.2. The van der Waals surface area contributed by atoms with Crippen LogP contribution in [-0.2, 0) is 9.59 Å². The Hall–Kier alpha value is -3.15. The summed E-state index contributed by atoms with van der Waals surface area (Å²) in [7, 11) is 0. The number of nitrogens with zero attached hydrogens (tertiary/aromatic N) is 4. The van der Waals surface area contributed by atoms with Crippen LogP contribution in [0.5, 0.6) is 0 Å². The van der Waals surface area contributed by atoms with Crippen LogP contribution in [0.1, 0.15) is 25.3 Å². The Labute approximate surface area is 171 Å². The lowest BCUT2D eigenvalue weighted by Crippen LogP contribution is -2.48. The third-order valence-corrected chi connectivity index (χ3v) is 5.51. The normalized spacial score (nSPS) is 17.5. The molecule has 0 radical (unpaired) electrons. The summed E-state index contributed by atoms with van der Waals surface area (Å²) < 4.78 is 0. The van der Waals surface area contributed by atoms with Crippen molar-refractivity contribution in [2.45, 2.75) is 19.8 Å². The van der Waals surface area contributed by atoms with E-state index in [1.54, 1.807) is 6.20 Å². The topological polar surface area (TPSA) is 56.8 Å². The van der Waals surface area contributed by atoms with Crippen molar-refractivity contribution in [3.05, 3.63) is 66.0 Å². The summed E-state index contributed by atoms with van der Waals surface area (Å²) in [6.07, 6.45) is 3.55. The number of rotatable bonds is 6. The Morgan fingerprint density at radius 2 is 1.55 bits per heavy atom. The molecule has 2 aromatic rings. The number of hydrogen-bond donors (Lipinski definition) is 0. The van der Waals surface area contributed by atoms with Gasteiger partial charge in [0.15, 0.2) is 0 Å². The molecule has 6 nitrogen and oxygen atoms in total. The lowest BCUT2D eigenvalue weighted by atomic mass is 10.0. The summed E-state index contributed by atoms with van der Waals surface area (Å²) >= 11 is 0. The van der Waals surface area contributed by atoms with Gasteiger partial charge in [-0.2, -0.15) is 0 Å². The highest BCUT2D eigenvalue weighted by Gasteiger charge is 2.41. The number of carbonyl (C=O) groups is 2. The first-order valence-corrected chi connectivity index (χ1v) is 10.3. The summed E-state index contributed by atoms with van der Waals surface area (Å²) in [4.78, 5) is 36.5. The van der Waals surface area contributed by atoms with Crippen molar-refractivity contribution < 1.29 is 9.59 Å². The van der Waals surface area contributed by atoms with E-state index in [0.717, 1.165) is 37.3 Å². The summed E-state index contributed by atoms with van der Waals surface area (Å²) in [5.41, 5.74) is 1.91.